The van der Waals surface area contributed by atoms with Crippen LogP contribution in [0.5, 0.6) is 0 Å². The van der Waals surface area contributed by atoms with Crippen molar-refractivity contribution in [1.82, 2.24) is 0 Å². The third-order valence-electron chi connectivity index (χ3n) is 3.84. The number of hydrogen-bond donors (Lipinski definition) is 1. The van der Waals surface area contributed by atoms with E-state index in [1.54, 1.807) is 6.07 Å². The number of amides is 1. The van der Waals surface area contributed by atoms with E-state index in [9.17, 15) is 4.79 Å². The molecule has 1 saturated carbocycles. The number of para-hydroxylation sites is 1. The summed E-state index contributed by atoms with van der Waals surface area (Å²) in [4.78, 5) is 12.3. The standard InChI is InChI=1S/C17H15Cl2NO/c1-10-4-2-3-5-16(10)20-17(21)15-9-14(15)11-6-12(18)8-13(19)7-11/h2-8,14-15H,9H2,1H3,(H,20,21)/t14-,15+/m0/s1. The summed E-state index contributed by atoms with van der Waals surface area (Å²) >= 11 is 12.0. The van der Waals surface area contributed by atoms with Gasteiger partial charge in [0.25, 0.3) is 0 Å². The maximum absolute atomic E-state index is 12.3. The Bertz CT molecular complexity index is 679. The first-order valence-corrected chi connectivity index (χ1v) is 7.62. The maximum Gasteiger partial charge on any atom is 0.228 e. The molecular weight excluding hydrogens is 305 g/mol. The van der Waals surface area contributed by atoms with Gasteiger partial charge in [0.1, 0.15) is 0 Å². The fourth-order valence-electron chi connectivity index (χ4n) is 2.58. The lowest BCUT2D eigenvalue weighted by molar-refractivity contribution is -0.117. The lowest BCUT2D eigenvalue weighted by atomic mass is 10.1. The second-order valence-electron chi connectivity index (χ2n) is 5.46. The van der Waals surface area contributed by atoms with E-state index in [-0.39, 0.29) is 17.7 Å². The Hall–Kier alpha value is -1.51. The van der Waals surface area contributed by atoms with Gasteiger partial charge in [-0.1, -0.05) is 41.4 Å². The van der Waals surface area contributed by atoms with Crippen molar-refractivity contribution < 1.29 is 4.79 Å². The number of aryl methyl sites for hydroxylation is 1. The normalized spacial score (nSPS) is 20.1. The van der Waals surface area contributed by atoms with E-state index in [0.717, 1.165) is 23.2 Å². The van der Waals surface area contributed by atoms with Crippen LogP contribution in [0.15, 0.2) is 42.5 Å². The van der Waals surface area contributed by atoms with Gasteiger partial charge in [-0.05, 0) is 54.7 Å². The highest BCUT2D eigenvalue weighted by atomic mass is 35.5. The second-order valence-corrected chi connectivity index (χ2v) is 6.33. The minimum Gasteiger partial charge on any atom is -0.326 e. The number of anilines is 1. The molecule has 0 aromatic heterocycles. The molecule has 0 bridgehead atoms. The zero-order chi connectivity index (χ0) is 15.0. The van der Waals surface area contributed by atoms with Crippen molar-refractivity contribution >= 4 is 34.8 Å². The molecule has 0 radical (unpaired) electrons. The van der Waals surface area contributed by atoms with Crippen LogP contribution in [0.2, 0.25) is 10.0 Å². The second kappa shape index (κ2) is 5.70. The van der Waals surface area contributed by atoms with E-state index in [1.807, 2.05) is 43.3 Å². The van der Waals surface area contributed by atoms with Gasteiger partial charge in [-0.25, -0.2) is 0 Å². The van der Waals surface area contributed by atoms with E-state index in [1.165, 1.54) is 0 Å². The zero-order valence-electron chi connectivity index (χ0n) is 11.6. The Labute approximate surface area is 134 Å². The van der Waals surface area contributed by atoms with Gasteiger partial charge in [0.05, 0.1) is 0 Å². The number of carbonyl (C=O) groups is 1. The molecule has 2 atom stereocenters. The summed E-state index contributed by atoms with van der Waals surface area (Å²) in [6.07, 6.45) is 0.842. The highest BCUT2D eigenvalue weighted by Gasteiger charge is 2.44. The van der Waals surface area contributed by atoms with Crippen molar-refractivity contribution in [3.8, 4) is 0 Å². The molecule has 0 saturated heterocycles. The molecule has 1 aliphatic rings. The van der Waals surface area contributed by atoms with Gasteiger partial charge in [0, 0.05) is 21.7 Å². The van der Waals surface area contributed by atoms with Crippen LogP contribution in [-0.2, 0) is 4.79 Å². The number of hydrogen-bond acceptors (Lipinski definition) is 1. The van der Waals surface area contributed by atoms with E-state index < -0.39 is 0 Å². The summed E-state index contributed by atoms with van der Waals surface area (Å²) in [6.45, 7) is 1.98. The molecule has 2 nitrogen and oxygen atoms in total. The molecule has 1 aliphatic carbocycles. The smallest absolute Gasteiger partial charge is 0.228 e. The molecule has 0 heterocycles. The van der Waals surface area contributed by atoms with E-state index in [4.69, 9.17) is 23.2 Å². The first-order chi connectivity index (χ1) is 10.0. The SMILES string of the molecule is Cc1ccccc1NC(=O)[C@@H]1C[C@H]1c1cc(Cl)cc(Cl)c1. The Morgan fingerprint density at radius 3 is 2.48 bits per heavy atom. The molecule has 3 rings (SSSR count). The minimum atomic E-state index is -0.000797. The summed E-state index contributed by atoms with van der Waals surface area (Å²) < 4.78 is 0. The van der Waals surface area contributed by atoms with Gasteiger partial charge in [0.2, 0.25) is 5.91 Å². The number of carbonyl (C=O) groups excluding carboxylic acids is 1. The Balaban J connectivity index is 1.70. The molecule has 1 fully saturated rings. The minimum absolute atomic E-state index is 0.000797. The average Bonchev–Trinajstić information content (AvgIpc) is 3.20. The van der Waals surface area contributed by atoms with Crippen molar-refractivity contribution in [1.29, 1.82) is 0 Å². The van der Waals surface area contributed by atoms with E-state index in [0.29, 0.717) is 10.0 Å². The molecule has 1 N–H and O–H groups in total. The first kappa shape index (κ1) is 14.4. The fraction of sp³-hybridized carbons (Fsp3) is 0.235. The van der Waals surface area contributed by atoms with Crippen LogP contribution >= 0.6 is 23.2 Å². The molecular formula is C17H15Cl2NO. The lowest BCUT2D eigenvalue weighted by Gasteiger charge is -2.08. The van der Waals surface area contributed by atoms with Crippen LogP contribution < -0.4 is 5.32 Å². The number of halogens is 2. The summed E-state index contributed by atoms with van der Waals surface area (Å²) in [7, 11) is 0. The fourth-order valence-corrected chi connectivity index (χ4v) is 3.12. The lowest BCUT2D eigenvalue weighted by Crippen LogP contribution is -2.15. The van der Waals surface area contributed by atoms with Gasteiger partial charge in [0.15, 0.2) is 0 Å². The highest BCUT2D eigenvalue weighted by molar-refractivity contribution is 6.34. The zero-order valence-corrected chi connectivity index (χ0v) is 13.1. The molecule has 2 aromatic carbocycles. The molecule has 21 heavy (non-hydrogen) atoms. The van der Waals surface area contributed by atoms with Gasteiger partial charge in [-0.2, -0.15) is 0 Å². The van der Waals surface area contributed by atoms with Crippen molar-refractivity contribution in [2.75, 3.05) is 5.32 Å². The monoisotopic (exact) mass is 319 g/mol. The van der Waals surface area contributed by atoms with E-state index >= 15 is 0 Å². The summed E-state index contributed by atoms with van der Waals surface area (Å²) in [5, 5.41) is 4.22. The molecule has 0 aliphatic heterocycles. The van der Waals surface area contributed by atoms with Crippen LogP contribution in [0, 0.1) is 12.8 Å². The molecule has 0 spiro atoms. The largest absolute Gasteiger partial charge is 0.326 e. The Morgan fingerprint density at radius 2 is 1.81 bits per heavy atom. The Morgan fingerprint density at radius 1 is 1.14 bits per heavy atom. The van der Waals surface area contributed by atoms with Crippen molar-refractivity contribution in [3.63, 3.8) is 0 Å². The van der Waals surface area contributed by atoms with Crippen LogP contribution in [0.3, 0.4) is 0 Å². The molecule has 108 valence electrons. The summed E-state index contributed by atoms with van der Waals surface area (Å²) in [5.41, 5.74) is 2.98. The van der Waals surface area contributed by atoms with Crippen LogP contribution in [0.4, 0.5) is 5.69 Å². The van der Waals surface area contributed by atoms with Crippen LogP contribution in [0.25, 0.3) is 0 Å². The van der Waals surface area contributed by atoms with Gasteiger partial charge < -0.3 is 5.32 Å². The predicted octanol–water partition coefficient (Wildman–Crippen LogP) is 5.04. The highest BCUT2D eigenvalue weighted by Crippen LogP contribution is 2.49. The summed E-state index contributed by atoms with van der Waals surface area (Å²) in [6, 6.07) is 13.3. The predicted molar refractivity (Wildman–Crippen MR) is 87.1 cm³/mol. The van der Waals surface area contributed by atoms with Gasteiger partial charge >= 0.3 is 0 Å². The van der Waals surface area contributed by atoms with Crippen LogP contribution in [-0.4, -0.2) is 5.91 Å². The average molecular weight is 320 g/mol. The molecule has 4 heteroatoms. The maximum atomic E-state index is 12.3. The van der Waals surface area contributed by atoms with Gasteiger partial charge in [-0.15, -0.1) is 0 Å². The summed E-state index contributed by atoms with van der Waals surface area (Å²) in [5.74, 6) is 0.273. The van der Waals surface area contributed by atoms with Gasteiger partial charge in [-0.3, -0.25) is 4.79 Å². The first-order valence-electron chi connectivity index (χ1n) is 6.87. The van der Waals surface area contributed by atoms with Crippen molar-refractivity contribution in [2.24, 2.45) is 5.92 Å². The Kier molecular flexibility index (Phi) is 3.92. The number of benzene rings is 2. The molecule has 1 amide bonds. The van der Waals surface area contributed by atoms with Crippen molar-refractivity contribution in [3.05, 3.63) is 63.6 Å². The third-order valence-corrected chi connectivity index (χ3v) is 4.28. The third kappa shape index (κ3) is 3.22. The molecule has 2 aromatic rings. The topological polar surface area (TPSA) is 29.1 Å². The van der Waals surface area contributed by atoms with Crippen molar-refractivity contribution in [2.45, 2.75) is 19.3 Å². The van der Waals surface area contributed by atoms with E-state index in [2.05, 4.69) is 5.32 Å². The number of rotatable bonds is 3. The molecule has 0 unspecified atom stereocenters. The number of nitrogens with one attached hydrogen (secondary N) is 1. The van der Waals surface area contributed by atoms with Crippen LogP contribution in [0.1, 0.15) is 23.5 Å². The quantitative estimate of drug-likeness (QED) is 0.843.